The minimum absolute atomic E-state index is 0.0889. The fourth-order valence-corrected chi connectivity index (χ4v) is 14.5. The molecule has 2 saturated carbocycles. The monoisotopic (exact) mass is 1050 g/mol. The summed E-state index contributed by atoms with van der Waals surface area (Å²) < 4.78 is 88.8. The summed E-state index contributed by atoms with van der Waals surface area (Å²) in [4.78, 5) is 30.9. The number of hydrogen-bond acceptors (Lipinski definition) is 7. The van der Waals surface area contributed by atoms with E-state index in [2.05, 4.69) is 75.3 Å². The Labute approximate surface area is 438 Å². The molecule has 15 heteroatoms. The van der Waals surface area contributed by atoms with Gasteiger partial charge in [-0.05, 0) is 163 Å². The third-order valence-corrected chi connectivity index (χ3v) is 19.8. The van der Waals surface area contributed by atoms with Gasteiger partial charge in [0.25, 0.3) is 5.91 Å². The maximum absolute atomic E-state index is 15.3. The van der Waals surface area contributed by atoms with Crippen molar-refractivity contribution in [3.8, 4) is 11.3 Å². The molecule has 0 bridgehead atoms. The van der Waals surface area contributed by atoms with Crippen LogP contribution in [0.3, 0.4) is 0 Å². The summed E-state index contributed by atoms with van der Waals surface area (Å²) >= 11 is 0. The van der Waals surface area contributed by atoms with Crippen molar-refractivity contribution in [2.24, 2.45) is 22.7 Å². The Morgan fingerprint density at radius 1 is 0.770 bits per heavy atom. The first kappa shape index (κ1) is 54.6. The lowest BCUT2D eigenvalue weighted by molar-refractivity contribution is -0.146. The summed E-state index contributed by atoms with van der Waals surface area (Å²) in [6.45, 7) is 26.8. The molecule has 11 nitrogen and oxygen atoms in total. The Hall–Kier alpha value is -4.18. The molecule has 2 aliphatic carbocycles. The highest BCUT2D eigenvalue weighted by Gasteiger charge is 2.54. The number of amides is 2. The third kappa shape index (κ3) is 10.5. The maximum Gasteiger partial charge on any atom is 0.416 e. The minimum Gasteiger partial charge on any atom is -0.377 e. The van der Waals surface area contributed by atoms with E-state index in [4.69, 9.17) is 9.47 Å². The number of carbonyl (C=O) groups excluding carboxylic acids is 2. The second-order valence-electron chi connectivity index (χ2n) is 26.5. The van der Waals surface area contributed by atoms with Crippen LogP contribution in [0.1, 0.15) is 178 Å². The lowest BCUT2D eigenvalue weighted by Crippen LogP contribution is -2.61. The van der Waals surface area contributed by atoms with Crippen molar-refractivity contribution in [1.82, 2.24) is 23.8 Å². The Balaban J connectivity index is 0.950. The van der Waals surface area contributed by atoms with E-state index in [1.54, 1.807) is 17.3 Å². The number of alkyl halides is 3. The molecule has 406 valence electrons. The molecule has 2 N–H and O–H groups in total. The van der Waals surface area contributed by atoms with Crippen molar-refractivity contribution < 1.29 is 40.7 Å². The van der Waals surface area contributed by atoms with E-state index in [1.807, 2.05) is 46.8 Å². The summed E-state index contributed by atoms with van der Waals surface area (Å²) in [5.41, 5.74) is 2.74. The van der Waals surface area contributed by atoms with E-state index in [0.29, 0.717) is 85.6 Å². The van der Waals surface area contributed by atoms with Gasteiger partial charge < -0.3 is 25.0 Å². The topological polar surface area (TPSA) is 122 Å². The standard InChI is InChI=1S/C59H82F3N5O6S/c1-36-47(52(68)63-46-32-72-33-46)28-49(40-22-42(54(3,4)5)26-43(23-40)55(6,7)8)67(36)74(70,71)65-21-20-58(35-65)19-18-39(29-58)51-48(34-73-51)64-53(69)57(12)30-50(66(37(57)2)31-38-16-14-13-15-17-38)41-24-44(56(9,10)11)27-45(25-41)59(60,61)62/h22-28,30,37-39,46,48,51H,13-21,29,31-35H2,1-12H3,(H,63,68)(H,64,69). The second kappa shape index (κ2) is 19.4. The highest BCUT2D eigenvalue weighted by Crippen LogP contribution is 2.53. The van der Waals surface area contributed by atoms with E-state index in [-0.39, 0.29) is 58.2 Å². The van der Waals surface area contributed by atoms with Crippen LogP contribution in [0.5, 0.6) is 0 Å². The molecule has 3 saturated heterocycles. The Morgan fingerprint density at radius 2 is 1.36 bits per heavy atom. The van der Waals surface area contributed by atoms with Gasteiger partial charge in [-0.2, -0.15) is 25.9 Å². The van der Waals surface area contributed by atoms with Crippen molar-refractivity contribution in [2.45, 2.75) is 188 Å². The van der Waals surface area contributed by atoms with E-state index < -0.39 is 32.8 Å². The number of hydrogen-bond donors (Lipinski definition) is 2. The van der Waals surface area contributed by atoms with Gasteiger partial charge in [0, 0.05) is 37.1 Å². The van der Waals surface area contributed by atoms with Crippen LogP contribution in [-0.2, 0) is 46.9 Å². The molecular formula is C59H82F3N5O6S. The van der Waals surface area contributed by atoms with Crippen LogP contribution in [0.25, 0.3) is 17.0 Å². The molecule has 0 radical (unpaired) electrons. The molecule has 5 heterocycles. The molecule has 2 aromatic carbocycles. The van der Waals surface area contributed by atoms with E-state index in [9.17, 15) is 22.8 Å². The summed E-state index contributed by atoms with van der Waals surface area (Å²) in [5.74, 6) is -0.0318. The summed E-state index contributed by atoms with van der Waals surface area (Å²) in [6, 6.07) is 11.7. The van der Waals surface area contributed by atoms with Gasteiger partial charge in [-0.3, -0.25) is 9.59 Å². The van der Waals surface area contributed by atoms with Crippen molar-refractivity contribution in [1.29, 1.82) is 0 Å². The molecular weight excluding hydrogens is 964 g/mol. The quantitative estimate of drug-likeness (QED) is 0.196. The second-order valence-corrected chi connectivity index (χ2v) is 28.2. The third-order valence-electron chi connectivity index (χ3n) is 17.9. The molecule has 74 heavy (non-hydrogen) atoms. The van der Waals surface area contributed by atoms with Gasteiger partial charge in [-0.15, -0.1) is 0 Å². The molecule has 9 rings (SSSR count). The molecule has 1 spiro atoms. The molecule has 4 aliphatic heterocycles. The first-order valence-electron chi connectivity index (χ1n) is 27.3. The Bertz CT molecular complexity index is 2730. The van der Waals surface area contributed by atoms with E-state index in [1.165, 1.54) is 22.5 Å². The van der Waals surface area contributed by atoms with Crippen molar-refractivity contribution in [3.63, 3.8) is 0 Å². The fraction of sp³-hybridized carbons (Fsp3) is 0.661. The first-order valence-corrected chi connectivity index (χ1v) is 28.7. The van der Waals surface area contributed by atoms with Gasteiger partial charge in [-0.1, -0.05) is 87.6 Å². The van der Waals surface area contributed by atoms with Gasteiger partial charge >= 0.3 is 16.4 Å². The van der Waals surface area contributed by atoms with Crippen LogP contribution < -0.4 is 10.6 Å². The average Bonchev–Trinajstić information content (AvgIpc) is 4.07. The zero-order chi connectivity index (χ0) is 53.7. The first-order chi connectivity index (χ1) is 34.4. The predicted molar refractivity (Wildman–Crippen MR) is 285 cm³/mol. The highest BCUT2D eigenvalue weighted by atomic mass is 32.2. The summed E-state index contributed by atoms with van der Waals surface area (Å²) in [5, 5.41) is 6.41. The molecule has 6 unspecified atom stereocenters. The Morgan fingerprint density at radius 3 is 1.92 bits per heavy atom. The fourth-order valence-electron chi connectivity index (χ4n) is 12.7. The van der Waals surface area contributed by atoms with Crippen molar-refractivity contribution in [2.75, 3.05) is 39.5 Å². The van der Waals surface area contributed by atoms with Crippen LogP contribution in [0.15, 0.2) is 48.5 Å². The van der Waals surface area contributed by atoms with Crippen LogP contribution in [0.2, 0.25) is 0 Å². The summed E-state index contributed by atoms with van der Waals surface area (Å²) in [6.07, 6.45) is 5.72. The Kier molecular flexibility index (Phi) is 14.3. The lowest BCUT2D eigenvalue weighted by atomic mass is 9.79. The molecule has 6 aliphatic rings. The lowest BCUT2D eigenvalue weighted by Gasteiger charge is -2.43. The van der Waals surface area contributed by atoms with Crippen LogP contribution in [0, 0.1) is 29.6 Å². The van der Waals surface area contributed by atoms with Gasteiger partial charge in [0.15, 0.2) is 0 Å². The minimum atomic E-state index is -4.53. The zero-order valence-corrected chi connectivity index (χ0v) is 46.8. The summed E-state index contributed by atoms with van der Waals surface area (Å²) in [7, 11) is -4.19. The number of ether oxygens (including phenoxy) is 2. The normalized spacial score (nSPS) is 27.6. The molecule has 1 aromatic heterocycles. The average molecular weight is 1050 g/mol. The van der Waals surface area contributed by atoms with E-state index >= 15 is 8.42 Å². The number of nitrogens with one attached hydrogen (secondary N) is 2. The smallest absolute Gasteiger partial charge is 0.377 e. The number of aromatic nitrogens is 1. The number of benzene rings is 2. The maximum atomic E-state index is 15.3. The molecule has 5 fully saturated rings. The number of halogens is 3. The zero-order valence-electron chi connectivity index (χ0n) is 46.0. The van der Waals surface area contributed by atoms with Crippen molar-refractivity contribution in [3.05, 3.63) is 87.6 Å². The highest BCUT2D eigenvalue weighted by molar-refractivity contribution is 7.87. The van der Waals surface area contributed by atoms with Crippen LogP contribution in [-0.4, -0.2) is 97.1 Å². The van der Waals surface area contributed by atoms with Crippen molar-refractivity contribution >= 4 is 27.7 Å². The van der Waals surface area contributed by atoms with Crippen LogP contribution in [0.4, 0.5) is 13.2 Å². The molecule has 6 atom stereocenters. The number of nitrogens with zero attached hydrogens (tertiary/aromatic N) is 3. The SMILES string of the molecule is Cc1c(C(=O)NC2COC2)cc(-c2cc(C(C)(C)C)cc(C(C)(C)C)c2)n1S(=O)(=O)N1CCC2(CCC(C3OCC3NC(=O)C3(C)C=C(c4cc(C(C)(C)C)cc(C(F)(F)F)c4)N(CC4CCCCC4)C3C)C2)C1. The largest absolute Gasteiger partial charge is 0.416 e. The predicted octanol–water partition coefficient (Wildman–Crippen LogP) is 11.3. The molecule has 3 aromatic rings. The van der Waals surface area contributed by atoms with Gasteiger partial charge in [0.2, 0.25) is 5.91 Å². The van der Waals surface area contributed by atoms with Gasteiger partial charge in [-0.25, -0.2) is 3.97 Å². The van der Waals surface area contributed by atoms with Gasteiger partial charge in [0.05, 0.1) is 60.2 Å². The van der Waals surface area contributed by atoms with E-state index in [0.717, 1.165) is 61.6 Å². The van der Waals surface area contributed by atoms with Gasteiger partial charge in [0.1, 0.15) is 0 Å². The number of rotatable bonds is 11. The number of carbonyl (C=O) groups is 2. The van der Waals surface area contributed by atoms with Crippen LogP contribution >= 0.6 is 0 Å². The molecule has 2 amide bonds.